The van der Waals surface area contributed by atoms with E-state index in [0.717, 1.165) is 32.0 Å². The number of rotatable bonds is 5. The van der Waals surface area contributed by atoms with Gasteiger partial charge in [0.25, 0.3) is 0 Å². The van der Waals surface area contributed by atoms with Gasteiger partial charge in [-0.1, -0.05) is 13.0 Å². The summed E-state index contributed by atoms with van der Waals surface area (Å²) in [5.41, 5.74) is 7.24. The van der Waals surface area contributed by atoms with E-state index < -0.39 is 0 Å². The molecule has 1 aliphatic rings. The largest absolute Gasteiger partial charge is 0.360 e. The van der Waals surface area contributed by atoms with Gasteiger partial charge in [-0.15, -0.1) is 0 Å². The number of aromatic nitrogens is 1. The van der Waals surface area contributed by atoms with Crippen LogP contribution in [0.3, 0.4) is 0 Å². The van der Waals surface area contributed by atoms with Crippen molar-refractivity contribution < 1.29 is 0 Å². The quantitative estimate of drug-likeness (QED) is 0.894. The summed E-state index contributed by atoms with van der Waals surface area (Å²) in [4.78, 5) is 9.22. The lowest BCUT2D eigenvalue weighted by Crippen LogP contribution is -2.48. The molecular weight excluding hydrogens is 248 g/mol. The summed E-state index contributed by atoms with van der Waals surface area (Å²) in [6.45, 7) is 8.31. The van der Waals surface area contributed by atoms with Crippen LogP contribution in [0.1, 0.15) is 32.3 Å². The molecule has 2 rings (SSSR count). The van der Waals surface area contributed by atoms with E-state index in [1.54, 1.807) is 0 Å². The van der Waals surface area contributed by atoms with E-state index in [2.05, 4.69) is 47.8 Å². The van der Waals surface area contributed by atoms with Gasteiger partial charge in [0.1, 0.15) is 5.82 Å². The minimum absolute atomic E-state index is 0.516. The van der Waals surface area contributed by atoms with Gasteiger partial charge in [-0.3, -0.25) is 4.90 Å². The zero-order valence-corrected chi connectivity index (χ0v) is 13.0. The Morgan fingerprint density at radius 3 is 2.85 bits per heavy atom. The third kappa shape index (κ3) is 3.49. The smallest absolute Gasteiger partial charge is 0.128 e. The lowest BCUT2D eigenvalue weighted by Gasteiger charge is -2.39. The van der Waals surface area contributed by atoms with Crippen molar-refractivity contribution in [1.82, 2.24) is 9.88 Å². The second-order valence-corrected chi connectivity index (χ2v) is 5.93. The highest BCUT2D eigenvalue weighted by molar-refractivity contribution is 5.37. The minimum atomic E-state index is 0.516. The van der Waals surface area contributed by atoms with Crippen molar-refractivity contribution in [3.8, 4) is 0 Å². The monoisotopic (exact) mass is 276 g/mol. The first-order valence-corrected chi connectivity index (χ1v) is 7.75. The van der Waals surface area contributed by atoms with Gasteiger partial charge in [0, 0.05) is 38.9 Å². The summed E-state index contributed by atoms with van der Waals surface area (Å²) >= 11 is 0. The zero-order chi connectivity index (χ0) is 14.5. The molecule has 2 unspecified atom stereocenters. The average Bonchev–Trinajstić information content (AvgIpc) is 2.47. The van der Waals surface area contributed by atoms with Gasteiger partial charge in [-0.2, -0.15) is 0 Å². The molecule has 1 fully saturated rings. The van der Waals surface area contributed by atoms with Gasteiger partial charge < -0.3 is 10.6 Å². The van der Waals surface area contributed by atoms with Crippen molar-refractivity contribution in [3.05, 3.63) is 23.9 Å². The molecule has 0 aromatic carbocycles. The fourth-order valence-corrected chi connectivity index (χ4v) is 3.04. The molecule has 1 saturated heterocycles. The minimum Gasteiger partial charge on any atom is -0.360 e. The van der Waals surface area contributed by atoms with Gasteiger partial charge in [0.2, 0.25) is 0 Å². The Morgan fingerprint density at radius 2 is 2.25 bits per heavy atom. The molecule has 0 bridgehead atoms. The average molecular weight is 276 g/mol. The fraction of sp³-hybridized carbons (Fsp3) is 0.688. The van der Waals surface area contributed by atoms with E-state index in [0.29, 0.717) is 12.0 Å². The van der Waals surface area contributed by atoms with E-state index in [4.69, 9.17) is 5.73 Å². The summed E-state index contributed by atoms with van der Waals surface area (Å²) in [5, 5.41) is 0. The number of hydrogen-bond acceptors (Lipinski definition) is 4. The summed E-state index contributed by atoms with van der Waals surface area (Å²) in [7, 11) is 2.07. The van der Waals surface area contributed by atoms with Crippen LogP contribution < -0.4 is 10.6 Å². The number of pyridine rings is 1. The molecule has 1 aliphatic heterocycles. The Kier molecular flexibility index (Phi) is 5.38. The molecule has 20 heavy (non-hydrogen) atoms. The maximum atomic E-state index is 5.96. The molecule has 2 heterocycles. The summed E-state index contributed by atoms with van der Waals surface area (Å²) in [5.74, 6) is 1.74. The highest BCUT2D eigenvalue weighted by atomic mass is 15.2. The topological polar surface area (TPSA) is 45.4 Å². The van der Waals surface area contributed by atoms with Crippen LogP contribution in [0.15, 0.2) is 18.3 Å². The molecule has 2 atom stereocenters. The summed E-state index contributed by atoms with van der Waals surface area (Å²) < 4.78 is 0. The van der Waals surface area contributed by atoms with Gasteiger partial charge in [-0.25, -0.2) is 4.98 Å². The highest BCUT2D eigenvalue weighted by Crippen LogP contribution is 2.24. The summed E-state index contributed by atoms with van der Waals surface area (Å²) in [6, 6.07) is 4.83. The number of nitrogens with zero attached hydrogens (tertiary/aromatic N) is 3. The molecule has 0 spiro atoms. The SMILES string of the molecule is CCN(C)c1ccc(CN2CCCC(C)C2CN)cn1. The molecule has 0 saturated carbocycles. The Bertz CT molecular complexity index is 403. The van der Waals surface area contributed by atoms with Crippen molar-refractivity contribution >= 4 is 5.82 Å². The van der Waals surface area contributed by atoms with Crippen LogP contribution in [0.4, 0.5) is 5.82 Å². The first-order chi connectivity index (χ1) is 9.65. The van der Waals surface area contributed by atoms with Crippen molar-refractivity contribution in [1.29, 1.82) is 0 Å². The van der Waals surface area contributed by atoms with Crippen LogP contribution in [-0.4, -0.2) is 42.6 Å². The Balaban J connectivity index is 2.01. The third-order valence-corrected chi connectivity index (χ3v) is 4.53. The predicted octanol–water partition coefficient (Wildman–Crippen LogP) is 2.10. The number of hydrogen-bond donors (Lipinski definition) is 1. The molecule has 0 aliphatic carbocycles. The maximum absolute atomic E-state index is 5.96. The number of anilines is 1. The van der Waals surface area contributed by atoms with Crippen molar-refractivity contribution in [2.24, 2.45) is 11.7 Å². The number of nitrogens with two attached hydrogens (primary N) is 1. The van der Waals surface area contributed by atoms with Gasteiger partial charge in [0.15, 0.2) is 0 Å². The van der Waals surface area contributed by atoms with Crippen LogP contribution in [-0.2, 0) is 6.54 Å². The second-order valence-electron chi connectivity index (χ2n) is 5.93. The molecule has 1 aromatic heterocycles. The lowest BCUT2D eigenvalue weighted by atomic mass is 9.90. The van der Waals surface area contributed by atoms with Gasteiger partial charge in [-0.05, 0) is 43.9 Å². The van der Waals surface area contributed by atoms with E-state index in [1.165, 1.54) is 18.4 Å². The number of piperidine rings is 1. The Hall–Kier alpha value is -1.13. The van der Waals surface area contributed by atoms with Crippen LogP contribution in [0.2, 0.25) is 0 Å². The van der Waals surface area contributed by atoms with Crippen LogP contribution >= 0.6 is 0 Å². The first-order valence-electron chi connectivity index (χ1n) is 7.75. The Morgan fingerprint density at radius 1 is 1.45 bits per heavy atom. The maximum Gasteiger partial charge on any atom is 0.128 e. The number of likely N-dealkylation sites (tertiary alicyclic amines) is 1. The zero-order valence-electron chi connectivity index (χ0n) is 13.0. The third-order valence-electron chi connectivity index (χ3n) is 4.53. The molecular formula is C16H28N4. The standard InChI is InChI=1S/C16H28N4/c1-4-19(3)16-8-7-14(11-18-16)12-20-9-5-6-13(2)15(20)10-17/h7-8,11,13,15H,4-6,9-10,12,17H2,1-3H3. The Labute approximate surface area is 123 Å². The molecule has 4 nitrogen and oxygen atoms in total. The van der Waals surface area contributed by atoms with Crippen LogP contribution in [0, 0.1) is 5.92 Å². The van der Waals surface area contributed by atoms with Crippen LogP contribution in [0.5, 0.6) is 0 Å². The second kappa shape index (κ2) is 7.04. The molecule has 4 heteroatoms. The van der Waals surface area contributed by atoms with Gasteiger partial charge >= 0.3 is 0 Å². The van der Waals surface area contributed by atoms with Crippen molar-refractivity contribution in [2.75, 3.05) is 31.6 Å². The normalized spacial score (nSPS) is 23.8. The van der Waals surface area contributed by atoms with E-state index in [9.17, 15) is 0 Å². The first kappa shape index (κ1) is 15.3. The van der Waals surface area contributed by atoms with E-state index >= 15 is 0 Å². The fourth-order valence-electron chi connectivity index (χ4n) is 3.04. The van der Waals surface area contributed by atoms with Crippen molar-refractivity contribution in [3.63, 3.8) is 0 Å². The molecule has 1 aromatic rings. The summed E-state index contributed by atoms with van der Waals surface area (Å²) in [6.07, 6.45) is 4.59. The van der Waals surface area contributed by atoms with Gasteiger partial charge in [0.05, 0.1) is 0 Å². The molecule has 0 radical (unpaired) electrons. The van der Waals surface area contributed by atoms with E-state index in [1.807, 2.05) is 6.20 Å². The van der Waals surface area contributed by atoms with E-state index in [-0.39, 0.29) is 0 Å². The predicted molar refractivity (Wildman–Crippen MR) is 84.8 cm³/mol. The highest BCUT2D eigenvalue weighted by Gasteiger charge is 2.27. The lowest BCUT2D eigenvalue weighted by molar-refractivity contribution is 0.0990. The van der Waals surface area contributed by atoms with Crippen molar-refractivity contribution in [2.45, 2.75) is 39.3 Å². The molecule has 2 N–H and O–H groups in total. The molecule has 112 valence electrons. The van der Waals surface area contributed by atoms with Crippen LogP contribution in [0.25, 0.3) is 0 Å². The molecule has 0 amide bonds.